The maximum absolute atomic E-state index is 8.47. The number of aliphatic hydroxyl groups is 1. The molecule has 0 amide bonds. The summed E-state index contributed by atoms with van der Waals surface area (Å²) in [7, 11) is 0. The molecule has 1 aliphatic rings. The van der Waals surface area contributed by atoms with Crippen molar-refractivity contribution in [3.8, 4) is 0 Å². The molecular formula is C20H24Cl2OZr-2. The molecule has 0 saturated carbocycles. The second-order valence-electron chi connectivity index (χ2n) is 5.31. The second kappa shape index (κ2) is 16.1. The Morgan fingerprint density at radius 2 is 1.88 bits per heavy atom. The first-order valence-electron chi connectivity index (χ1n) is 7.62. The zero-order valence-electron chi connectivity index (χ0n) is 14.2. The van der Waals surface area contributed by atoms with Crippen molar-refractivity contribution >= 4 is 14.0 Å². The molecule has 0 unspecified atom stereocenters. The average molecular weight is 443 g/mol. The van der Waals surface area contributed by atoms with Gasteiger partial charge in [0, 0.05) is 6.61 Å². The molecule has 1 aliphatic carbocycles. The van der Waals surface area contributed by atoms with Crippen LogP contribution in [-0.4, -0.2) is 14.9 Å². The van der Waals surface area contributed by atoms with Gasteiger partial charge in [-0.05, 0) is 6.42 Å². The summed E-state index contributed by atoms with van der Waals surface area (Å²) < 4.78 is 1.51. The SMILES string of the molecule is C[C](C)=[Zr+2].OCCCC1=CC[C-]=C1.[Cl-].[Cl-].c1ccc2[cH-]ccc2c1. The molecule has 2 aromatic carbocycles. The molecule has 0 heterocycles. The first-order valence-corrected chi connectivity index (χ1v) is 8.85. The molecule has 0 radical (unpaired) electrons. The van der Waals surface area contributed by atoms with E-state index in [-0.39, 0.29) is 24.8 Å². The molecule has 3 rings (SSSR count). The summed E-state index contributed by atoms with van der Waals surface area (Å²) in [5, 5.41) is 11.1. The van der Waals surface area contributed by atoms with Gasteiger partial charge in [-0.25, -0.2) is 11.6 Å². The molecule has 4 heteroatoms. The average Bonchev–Trinajstić information content (AvgIpc) is 3.16. The first-order chi connectivity index (χ1) is 10.6. The van der Waals surface area contributed by atoms with Crippen molar-refractivity contribution in [3.63, 3.8) is 0 Å². The Morgan fingerprint density at radius 1 is 1.21 bits per heavy atom. The molecule has 2 aromatic rings. The monoisotopic (exact) mass is 440 g/mol. The van der Waals surface area contributed by atoms with Gasteiger partial charge in [0.15, 0.2) is 0 Å². The molecule has 1 N–H and O–H groups in total. The van der Waals surface area contributed by atoms with Gasteiger partial charge in [0.05, 0.1) is 0 Å². The first kappa shape index (κ1) is 25.8. The molecule has 1 nitrogen and oxygen atoms in total. The predicted octanol–water partition coefficient (Wildman–Crippen LogP) is -1.24. The third-order valence-electron chi connectivity index (χ3n) is 2.94. The van der Waals surface area contributed by atoms with Crippen molar-refractivity contribution in [3.05, 3.63) is 66.3 Å². The number of hydrogen-bond donors (Lipinski definition) is 1. The standard InChI is InChI=1S/C9H7.C8H11O.C3H6.2ClH.Zr/c1-2-5-9-7-3-6-8(9)4-1;9-7-3-6-8-4-1-2-5-8;1-3-2;;;/h1-7H;4-5,9H,1,3,6-7H2;1-2H3;2*1H;/q2*-1;;;;+2/p-2. The van der Waals surface area contributed by atoms with Gasteiger partial charge in [-0.1, -0.05) is 12.5 Å². The predicted molar refractivity (Wildman–Crippen MR) is 92.7 cm³/mol. The molecule has 0 fully saturated rings. The van der Waals surface area contributed by atoms with Crippen LogP contribution in [0, 0.1) is 6.08 Å². The Bertz CT molecular complexity index is 595. The van der Waals surface area contributed by atoms with Crippen LogP contribution in [-0.2, 0) is 24.2 Å². The van der Waals surface area contributed by atoms with E-state index in [0.717, 1.165) is 19.3 Å². The second-order valence-corrected chi connectivity index (χ2v) is 7.77. The maximum Gasteiger partial charge on any atom is 0.0420 e. The Balaban J connectivity index is 0. The van der Waals surface area contributed by atoms with Gasteiger partial charge in [-0.2, -0.15) is 23.6 Å². The van der Waals surface area contributed by atoms with Crippen LogP contribution in [0.5, 0.6) is 0 Å². The van der Waals surface area contributed by atoms with Gasteiger partial charge in [0.2, 0.25) is 0 Å². The van der Waals surface area contributed by atoms with E-state index in [2.05, 4.69) is 68.5 Å². The van der Waals surface area contributed by atoms with Crippen LogP contribution in [0.3, 0.4) is 0 Å². The summed E-state index contributed by atoms with van der Waals surface area (Å²) in [6.07, 6.45) is 10.1. The summed E-state index contributed by atoms with van der Waals surface area (Å²) in [5.74, 6) is 0. The molecule has 130 valence electrons. The van der Waals surface area contributed by atoms with Crippen molar-refractivity contribution < 1.29 is 54.2 Å². The topological polar surface area (TPSA) is 20.2 Å². The fraction of sp³-hybridized carbons (Fsp3) is 0.300. The molecule has 0 aliphatic heterocycles. The minimum absolute atomic E-state index is 0. The number of benzene rings is 1. The van der Waals surface area contributed by atoms with Gasteiger partial charge >= 0.3 is 41.3 Å². The van der Waals surface area contributed by atoms with E-state index in [1.165, 1.54) is 19.6 Å². The number of rotatable bonds is 3. The Morgan fingerprint density at radius 3 is 2.42 bits per heavy atom. The number of fused-ring (bicyclic) bond motifs is 1. The minimum Gasteiger partial charge on any atom is -1.00 e. The van der Waals surface area contributed by atoms with Gasteiger partial charge in [-0.3, -0.25) is 6.08 Å². The minimum atomic E-state index is 0. The Labute approximate surface area is 173 Å². The van der Waals surface area contributed by atoms with Gasteiger partial charge < -0.3 is 29.9 Å². The third kappa shape index (κ3) is 12.0. The zero-order chi connectivity index (χ0) is 16.2. The van der Waals surface area contributed by atoms with E-state index in [0.29, 0.717) is 6.61 Å². The van der Waals surface area contributed by atoms with Crippen LogP contribution in [0.15, 0.2) is 60.2 Å². The molecule has 0 saturated heterocycles. The summed E-state index contributed by atoms with van der Waals surface area (Å²) >= 11 is 1.55. The molecular weight excluding hydrogens is 418 g/mol. The molecule has 0 bridgehead atoms. The van der Waals surface area contributed by atoms with E-state index in [9.17, 15) is 0 Å². The van der Waals surface area contributed by atoms with Gasteiger partial charge in [-0.15, -0.1) is 36.1 Å². The van der Waals surface area contributed by atoms with Crippen LogP contribution >= 0.6 is 0 Å². The fourth-order valence-electron chi connectivity index (χ4n) is 1.97. The number of hydrogen-bond acceptors (Lipinski definition) is 1. The zero-order valence-corrected chi connectivity index (χ0v) is 18.2. The van der Waals surface area contributed by atoms with Crippen LogP contribution in [0.4, 0.5) is 0 Å². The number of allylic oxidation sites excluding steroid dienone is 4. The third-order valence-corrected chi connectivity index (χ3v) is 2.94. The van der Waals surface area contributed by atoms with E-state index in [4.69, 9.17) is 5.11 Å². The summed E-state index contributed by atoms with van der Waals surface area (Å²) in [6, 6.07) is 14.7. The van der Waals surface area contributed by atoms with E-state index in [1.807, 2.05) is 6.08 Å². The van der Waals surface area contributed by atoms with E-state index in [1.54, 1.807) is 24.2 Å². The summed E-state index contributed by atoms with van der Waals surface area (Å²) in [5.41, 5.74) is 1.32. The molecule has 24 heavy (non-hydrogen) atoms. The van der Waals surface area contributed by atoms with Gasteiger partial charge in [0.1, 0.15) is 0 Å². The van der Waals surface area contributed by atoms with Crippen LogP contribution in [0.2, 0.25) is 0 Å². The normalized spacial score (nSPS) is 11.1. The summed E-state index contributed by atoms with van der Waals surface area (Å²) in [4.78, 5) is 0. The number of aliphatic hydroxyl groups excluding tert-OH is 1. The maximum atomic E-state index is 8.47. The van der Waals surface area contributed by atoms with Crippen molar-refractivity contribution in [2.75, 3.05) is 6.61 Å². The van der Waals surface area contributed by atoms with Crippen molar-refractivity contribution in [1.82, 2.24) is 0 Å². The smallest absolute Gasteiger partial charge is 0.0420 e. The summed E-state index contributed by atoms with van der Waals surface area (Å²) in [6.45, 7) is 4.54. The van der Waals surface area contributed by atoms with E-state index >= 15 is 0 Å². The van der Waals surface area contributed by atoms with Crippen LogP contribution in [0.25, 0.3) is 10.8 Å². The van der Waals surface area contributed by atoms with Crippen molar-refractivity contribution in [2.45, 2.75) is 33.1 Å². The van der Waals surface area contributed by atoms with Gasteiger partial charge in [0.25, 0.3) is 0 Å². The Hall–Kier alpha value is -0.397. The Kier molecular flexibility index (Phi) is 17.3. The molecule has 0 spiro atoms. The van der Waals surface area contributed by atoms with Crippen LogP contribution in [0.1, 0.15) is 33.1 Å². The van der Waals surface area contributed by atoms with Crippen LogP contribution < -0.4 is 24.8 Å². The number of halogens is 2. The molecule has 0 atom stereocenters. The van der Waals surface area contributed by atoms with Crippen molar-refractivity contribution in [2.24, 2.45) is 0 Å². The largest absolute Gasteiger partial charge is 1.00 e. The quantitative estimate of drug-likeness (QED) is 0.590. The van der Waals surface area contributed by atoms with Crippen molar-refractivity contribution in [1.29, 1.82) is 0 Å². The van der Waals surface area contributed by atoms with E-state index < -0.39 is 0 Å². The molecule has 0 aromatic heterocycles. The fourth-order valence-corrected chi connectivity index (χ4v) is 1.97.